The normalized spacial score (nSPS) is 35.3. The highest BCUT2D eigenvalue weighted by Crippen LogP contribution is 2.72. The van der Waals surface area contributed by atoms with Gasteiger partial charge in [-0.3, -0.25) is 0 Å². The molecule has 2 aliphatic heterocycles. The fourth-order valence-electron chi connectivity index (χ4n) is 13.7. The summed E-state index contributed by atoms with van der Waals surface area (Å²) in [6.07, 6.45) is 14.3. The van der Waals surface area contributed by atoms with Gasteiger partial charge in [0.25, 0.3) is 0 Å². The van der Waals surface area contributed by atoms with Crippen molar-refractivity contribution in [3.05, 3.63) is 85.0 Å². The first-order valence-corrected chi connectivity index (χ1v) is 17.3. The second-order valence-electron chi connectivity index (χ2n) is 16.4. The molecule has 43 heavy (non-hydrogen) atoms. The molecule has 2 heteroatoms. The van der Waals surface area contributed by atoms with Gasteiger partial charge in [-0.25, -0.2) is 0 Å². The molecule has 2 nitrogen and oxygen atoms in total. The predicted octanol–water partition coefficient (Wildman–Crippen LogP) is 7.75. The van der Waals surface area contributed by atoms with Crippen LogP contribution in [0.1, 0.15) is 87.6 Å². The van der Waals surface area contributed by atoms with Crippen LogP contribution in [-0.2, 0) is 6.42 Å². The number of hydrogen-bond acceptors (Lipinski definition) is 2. The molecule has 14 rings (SSSR count). The van der Waals surface area contributed by atoms with E-state index in [9.17, 15) is 0 Å². The van der Waals surface area contributed by atoms with Crippen LogP contribution in [0.15, 0.2) is 34.9 Å². The number of hydrogen-bond donors (Lipinski definition) is 0. The highest BCUT2D eigenvalue weighted by molar-refractivity contribution is 6.36. The second-order valence-corrected chi connectivity index (χ2v) is 16.4. The van der Waals surface area contributed by atoms with Gasteiger partial charge in [-0.1, -0.05) is 35.4 Å². The monoisotopic (exact) mass is 554 g/mol. The summed E-state index contributed by atoms with van der Waals surface area (Å²) in [6, 6.07) is 2.65. The molecule has 6 unspecified atom stereocenters. The standard InChI is InChI=1S/C41H34N2/c1-42-12-21-9-19-6-4-17-7-16-3-5-18-8-20-10-23-25-14-43(2)15-26(25)24-11-22(13-42)27(21)35-34(24)39-33(23)32(20)37-30(18)28(16)36-29(17)31(19)38(35)41(39)40(36)37/h3,5,7-8,16,19,21-22,26,28H,4,6,9-15H2,1-2H3. The Hall–Kier alpha value is -3.20. The average molecular weight is 555 g/mol. The van der Waals surface area contributed by atoms with Crippen LogP contribution in [0.4, 0.5) is 0 Å². The van der Waals surface area contributed by atoms with Gasteiger partial charge in [0.05, 0.1) is 0 Å². The fraction of sp³-hybridized carbons (Fsp3) is 0.415. The molecule has 2 saturated heterocycles. The van der Waals surface area contributed by atoms with Crippen molar-refractivity contribution in [2.75, 3.05) is 40.3 Å². The largest absolute Gasteiger partial charge is 0.305 e. The maximum absolute atomic E-state index is 2.75. The van der Waals surface area contributed by atoms with Gasteiger partial charge < -0.3 is 9.80 Å². The summed E-state index contributed by atoms with van der Waals surface area (Å²) in [5.74, 6) is 3.80. The molecule has 2 fully saturated rings. The minimum absolute atomic E-state index is 0.534. The summed E-state index contributed by atoms with van der Waals surface area (Å²) in [6.45, 7) is 4.87. The first-order valence-electron chi connectivity index (χ1n) is 17.3. The molecule has 0 aromatic heterocycles. The molecule has 11 aliphatic rings. The van der Waals surface area contributed by atoms with E-state index in [2.05, 4.69) is 48.2 Å². The number of likely N-dealkylation sites (N-methyl/N-ethyl adjacent to an activating group) is 1. The Balaban J connectivity index is 1.30. The predicted molar refractivity (Wildman–Crippen MR) is 175 cm³/mol. The number of likely N-dealkylation sites (tertiary alicyclic amines) is 2. The number of allylic oxidation sites excluding steroid dienone is 6. The molecule has 9 aliphatic carbocycles. The molecule has 6 atom stereocenters. The minimum Gasteiger partial charge on any atom is -0.305 e. The number of piperidine rings is 1. The summed E-state index contributed by atoms with van der Waals surface area (Å²) in [5.41, 5.74) is 28.1. The summed E-state index contributed by atoms with van der Waals surface area (Å²) in [7, 11) is 4.81. The fourth-order valence-corrected chi connectivity index (χ4v) is 13.7. The average Bonchev–Trinajstić information content (AvgIpc) is 3.71. The van der Waals surface area contributed by atoms with Crippen LogP contribution < -0.4 is 0 Å². The van der Waals surface area contributed by atoms with Crippen LogP contribution in [0.25, 0.3) is 49.9 Å². The van der Waals surface area contributed by atoms with Gasteiger partial charge in [-0.15, -0.1) is 0 Å². The van der Waals surface area contributed by atoms with Crippen molar-refractivity contribution in [2.45, 2.75) is 43.9 Å². The van der Waals surface area contributed by atoms with Crippen LogP contribution in [0.3, 0.4) is 0 Å². The maximum Gasteiger partial charge on any atom is 0.0212 e. The van der Waals surface area contributed by atoms with E-state index in [-0.39, 0.29) is 0 Å². The van der Waals surface area contributed by atoms with E-state index in [1.54, 1.807) is 93.9 Å². The van der Waals surface area contributed by atoms with Crippen molar-refractivity contribution >= 4 is 49.9 Å². The first-order chi connectivity index (χ1) is 21.1. The zero-order chi connectivity index (χ0) is 27.4. The molecule has 3 aromatic carbocycles. The molecule has 2 heterocycles. The number of rotatable bonds is 0. The zero-order valence-electron chi connectivity index (χ0n) is 25.0. The molecule has 3 aromatic rings. The lowest BCUT2D eigenvalue weighted by Crippen LogP contribution is -2.42. The van der Waals surface area contributed by atoms with Gasteiger partial charge in [0, 0.05) is 43.9 Å². The van der Waals surface area contributed by atoms with E-state index >= 15 is 0 Å². The SMILES string of the molecule is CN1CC2CC3=C4C5=C2C(CC2CCC6=CC7C=Cc8cc9c%10c(c4c4c5c2c6c2c4c%10c8C27)C(=C2CN(C)CC23)C9)C1. The van der Waals surface area contributed by atoms with Gasteiger partial charge in [0.1, 0.15) is 0 Å². The third-order valence-electron chi connectivity index (χ3n) is 14.6. The molecule has 0 radical (unpaired) electrons. The minimum atomic E-state index is 0.534. The van der Waals surface area contributed by atoms with Crippen LogP contribution in [-0.4, -0.2) is 50.1 Å². The topological polar surface area (TPSA) is 6.48 Å². The maximum atomic E-state index is 2.75. The summed E-state index contributed by atoms with van der Waals surface area (Å²) in [4.78, 5) is 5.37. The van der Waals surface area contributed by atoms with E-state index in [4.69, 9.17) is 0 Å². The van der Waals surface area contributed by atoms with Crippen LogP contribution in [0.2, 0.25) is 0 Å². The summed E-state index contributed by atoms with van der Waals surface area (Å²) in [5, 5.41) is 6.88. The van der Waals surface area contributed by atoms with E-state index in [0.717, 1.165) is 18.9 Å². The third-order valence-corrected chi connectivity index (χ3v) is 14.6. The Kier molecular flexibility index (Phi) is 3.15. The van der Waals surface area contributed by atoms with E-state index in [1.165, 1.54) is 45.3 Å². The van der Waals surface area contributed by atoms with Gasteiger partial charge in [-0.05, 0) is 163 Å². The molecular weight excluding hydrogens is 520 g/mol. The zero-order valence-corrected chi connectivity index (χ0v) is 25.0. The molecule has 0 spiro atoms. The Labute approximate surface area is 252 Å². The Morgan fingerprint density at radius 3 is 2.63 bits per heavy atom. The van der Waals surface area contributed by atoms with Crippen LogP contribution >= 0.6 is 0 Å². The lowest BCUT2D eigenvalue weighted by Gasteiger charge is -2.43. The Morgan fingerprint density at radius 2 is 1.67 bits per heavy atom. The van der Waals surface area contributed by atoms with Gasteiger partial charge in [-0.2, -0.15) is 0 Å². The van der Waals surface area contributed by atoms with Crippen molar-refractivity contribution < 1.29 is 0 Å². The van der Waals surface area contributed by atoms with Crippen LogP contribution in [0.5, 0.6) is 0 Å². The summed E-state index contributed by atoms with van der Waals surface area (Å²) < 4.78 is 0. The number of fused-ring (bicyclic) bond motifs is 2. The van der Waals surface area contributed by atoms with Crippen molar-refractivity contribution in [2.24, 2.45) is 23.7 Å². The van der Waals surface area contributed by atoms with Gasteiger partial charge in [0.15, 0.2) is 0 Å². The lowest BCUT2D eigenvalue weighted by atomic mass is 9.65. The smallest absolute Gasteiger partial charge is 0.0212 e. The molecule has 0 saturated carbocycles. The Morgan fingerprint density at radius 1 is 0.767 bits per heavy atom. The summed E-state index contributed by atoms with van der Waals surface area (Å²) >= 11 is 0. The molecule has 208 valence electrons. The molecule has 0 amide bonds. The number of benzene rings is 3. The van der Waals surface area contributed by atoms with Crippen LogP contribution in [0, 0.1) is 23.7 Å². The third kappa shape index (κ3) is 1.98. The van der Waals surface area contributed by atoms with Gasteiger partial charge in [0.2, 0.25) is 0 Å². The van der Waals surface area contributed by atoms with E-state index in [1.807, 2.05) is 16.7 Å². The van der Waals surface area contributed by atoms with Gasteiger partial charge >= 0.3 is 0 Å². The highest BCUT2D eigenvalue weighted by Gasteiger charge is 2.55. The quantitative estimate of drug-likeness (QED) is 0.262. The Bertz CT molecular complexity index is 2280. The molecule has 0 bridgehead atoms. The second kappa shape index (κ2) is 6.30. The first kappa shape index (κ1) is 21.5. The van der Waals surface area contributed by atoms with Crippen molar-refractivity contribution in [3.8, 4) is 0 Å². The molecule has 0 N–H and O–H groups in total. The van der Waals surface area contributed by atoms with Crippen molar-refractivity contribution in [1.29, 1.82) is 0 Å². The van der Waals surface area contributed by atoms with E-state index in [0.29, 0.717) is 29.6 Å². The lowest BCUT2D eigenvalue weighted by molar-refractivity contribution is 0.195. The van der Waals surface area contributed by atoms with E-state index < -0.39 is 0 Å². The highest BCUT2D eigenvalue weighted by atomic mass is 15.1. The number of nitrogens with zero attached hydrogens (tertiary/aromatic N) is 2. The van der Waals surface area contributed by atoms with Crippen molar-refractivity contribution in [3.63, 3.8) is 0 Å². The van der Waals surface area contributed by atoms with Crippen molar-refractivity contribution in [1.82, 2.24) is 9.80 Å². The molecular formula is C41H34N2.